The summed E-state index contributed by atoms with van der Waals surface area (Å²) in [7, 11) is -3.94. The number of nitrogens with zero attached hydrogens (tertiary/aromatic N) is 1. The number of oxazole rings is 1. The van der Waals surface area contributed by atoms with Gasteiger partial charge in [-0.3, -0.25) is 9.36 Å². The van der Waals surface area contributed by atoms with Crippen molar-refractivity contribution in [3.63, 3.8) is 0 Å². The predicted molar refractivity (Wildman–Crippen MR) is 164 cm³/mol. The van der Waals surface area contributed by atoms with Crippen LogP contribution in [0.1, 0.15) is 54.9 Å². The van der Waals surface area contributed by atoms with Gasteiger partial charge in [0.25, 0.3) is 5.91 Å². The van der Waals surface area contributed by atoms with Crippen LogP contribution in [0.4, 0.5) is 4.39 Å². The molecule has 1 aromatic heterocycles. The van der Waals surface area contributed by atoms with Crippen molar-refractivity contribution in [3.8, 4) is 23.7 Å². The highest BCUT2D eigenvalue weighted by atomic mass is 32.2. The number of sulfone groups is 1. The highest BCUT2D eigenvalue weighted by Crippen LogP contribution is 2.47. The summed E-state index contributed by atoms with van der Waals surface area (Å²) in [5.41, 5.74) is 1.92. The number of fused-ring (bicyclic) bond motifs is 1. The lowest BCUT2D eigenvalue weighted by Crippen LogP contribution is -2.51. The Morgan fingerprint density at radius 2 is 1.96 bits per heavy atom. The SMILES string of the molecule is CC(CCn1c(=O)oc2cc(C#CC#C[C@H]3C[C@]3(F)COC(=O)c3ccccc3)ccc21)(C(=O)NO[C@@H]1CCCCO1)S(C)(=O)=O. The number of ether oxygens (including phenoxy) is 2. The minimum Gasteiger partial charge on any atom is -0.459 e. The van der Waals surface area contributed by atoms with Crippen molar-refractivity contribution in [1.82, 2.24) is 10.0 Å². The molecule has 1 saturated carbocycles. The molecule has 3 aromatic rings. The molecule has 4 atom stereocenters. The zero-order chi connectivity index (χ0) is 33.0. The molecule has 2 fully saturated rings. The van der Waals surface area contributed by atoms with Crippen LogP contribution in [-0.2, 0) is 35.5 Å². The molecule has 1 amide bonds. The van der Waals surface area contributed by atoms with Crippen LogP contribution in [0.3, 0.4) is 0 Å². The molecule has 46 heavy (non-hydrogen) atoms. The molecule has 0 spiro atoms. The van der Waals surface area contributed by atoms with Gasteiger partial charge in [-0.15, -0.1) is 0 Å². The van der Waals surface area contributed by atoms with Gasteiger partial charge in [-0.2, -0.15) is 0 Å². The number of carbonyl (C=O) groups is 2. The van der Waals surface area contributed by atoms with Gasteiger partial charge in [-0.1, -0.05) is 30.0 Å². The van der Waals surface area contributed by atoms with Crippen molar-refractivity contribution in [2.45, 2.75) is 62.3 Å². The van der Waals surface area contributed by atoms with Crippen LogP contribution < -0.4 is 11.2 Å². The minimum atomic E-state index is -3.94. The molecule has 1 aliphatic heterocycles. The Morgan fingerprint density at radius 1 is 1.17 bits per heavy atom. The lowest BCUT2D eigenvalue weighted by Gasteiger charge is -2.28. The normalized spacial score (nSPS) is 22.0. The molecule has 2 aromatic carbocycles. The summed E-state index contributed by atoms with van der Waals surface area (Å²) in [5, 5.41) is 0. The zero-order valence-electron chi connectivity index (χ0n) is 25.3. The first-order chi connectivity index (χ1) is 21.9. The number of hydrogen-bond acceptors (Lipinski definition) is 9. The maximum absolute atomic E-state index is 14.8. The Balaban J connectivity index is 1.19. The number of aryl methyl sites for hydroxylation is 1. The van der Waals surface area contributed by atoms with Gasteiger partial charge < -0.3 is 13.9 Å². The van der Waals surface area contributed by atoms with Crippen LogP contribution in [0.5, 0.6) is 0 Å². The van der Waals surface area contributed by atoms with Crippen molar-refractivity contribution in [2.24, 2.45) is 5.92 Å². The lowest BCUT2D eigenvalue weighted by atomic mass is 10.1. The number of nitrogens with one attached hydrogen (secondary N) is 1. The van der Waals surface area contributed by atoms with E-state index in [0.29, 0.717) is 29.7 Å². The quantitative estimate of drug-likeness (QED) is 0.198. The largest absolute Gasteiger partial charge is 0.459 e. The number of halogens is 1. The summed E-state index contributed by atoms with van der Waals surface area (Å²) in [4.78, 5) is 43.0. The second-order valence-corrected chi connectivity index (χ2v) is 14.0. The summed E-state index contributed by atoms with van der Waals surface area (Å²) < 4.78 is 55.4. The summed E-state index contributed by atoms with van der Waals surface area (Å²) in [6.45, 7) is 1.23. The van der Waals surface area contributed by atoms with E-state index in [9.17, 15) is 27.2 Å². The Hall–Kier alpha value is -4.43. The molecule has 0 radical (unpaired) electrons. The molecule has 0 bridgehead atoms. The highest BCUT2D eigenvalue weighted by molar-refractivity contribution is 7.92. The van der Waals surface area contributed by atoms with Crippen LogP contribution >= 0.6 is 0 Å². The van der Waals surface area contributed by atoms with E-state index in [-0.39, 0.29) is 25.0 Å². The van der Waals surface area contributed by atoms with E-state index in [1.54, 1.807) is 42.5 Å². The van der Waals surface area contributed by atoms with Crippen molar-refractivity contribution < 1.29 is 41.1 Å². The third-order valence-electron chi connectivity index (χ3n) is 8.18. The number of hydrogen-bond donors (Lipinski definition) is 1. The van der Waals surface area contributed by atoms with Gasteiger partial charge in [0.1, 0.15) is 6.61 Å². The number of carbonyl (C=O) groups excluding carboxylic acids is 2. The number of alkyl halides is 1. The fourth-order valence-corrected chi connectivity index (χ4v) is 5.71. The Kier molecular flexibility index (Phi) is 9.68. The third-order valence-corrected chi connectivity index (χ3v) is 10.2. The van der Waals surface area contributed by atoms with Gasteiger partial charge >= 0.3 is 11.7 Å². The maximum Gasteiger partial charge on any atom is 0.419 e. The molecular formula is C33H33FN2O9S. The fraction of sp³-hybridized carbons (Fsp3) is 0.424. The number of amides is 1. The first-order valence-corrected chi connectivity index (χ1v) is 16.6. The number of rotatable bonds is 10. The Bertz CT molecular complexity index is 1910. The zero-order valence-corrected chi connectivity index (χ0v) is 26.2. The second-order valence-electron chi connectivity index (χ2n) is 11.6. The molecule has 1 aliphatic carbocycles. The molecule has 5 rings (SSSR count). The van der Waals surface area contributed by atoms with Crippen molar-refractivity contribution >= 4 is 32.8 Å². The monoisotopic (exact) mass is 652 g/mol. The average molecular weight is 653 g/mol. The van der Waals surface area contributed by atoms with Crippen LogP contribution in [0.25, 0.3) is 11.1 Å². The summed E-state index contributed by atoms with van der Waals surface area (Å²) in [5.74, 6) is 8.04. The average Bonchev–Trinajstić information content (AvgIpc) is 3.59. The van der Waals surface area contributed by atoms with Gasteiger partial charge in [0.2, 0.25) is 0 Å². The molecule has 1 saturated heterocycles. The molecule has 13 heteroatoms. The number of benzene rings is 2. The first-order valence-electron chi connectivity index (χ1n) is 14.7. The van der Waals surface area contributed by atoms with Crippen molar-refractivity contribution in [3.05, 3.63) is 70.2 Å². The van der Waals surface area contributed by atoms with Crippen LogP contribution in [0.15, 0.2) is 57.7 Å². The van der Waals surface area contributed by atoms with E-state index in [1.807, 2.05) is 0 Å². The topological polar surface area (TPSA) is 143 Å². The van der Waals surface area contributed by atoms with E-state index in [4.69, 9.17) is 18.7 Å². The highest BCUT2D eigenvalue weighted by Gasteiger charge is 2.56. The minimum absolute atomic E-state index is 0.133. The third kappa shape index (κ3) is 7.50. The summed E-state index contributed by atoms with van der Waals surface area (Å²) in [6.07, 6.45) is 2.49. The van der Waals surface area contributed by atoms with E-state index in [1.165, 1.54) is 17.6 Å². The number of aromatic nitrogens is 1. The van der Waals surface area contributed by atoms with E-state index in [2.05, 4.69) is 29.2 Å². The van der Waals surface area contributed by atoms with Gasteiger partial charge in [-0.05, 0) is 68.4 Å². The van der Waals surface area contributed by atoms with E-state index in [0.717, 1.165) is 19.1 Å². The van der Waals surface area contributed by atoms with Gasteiger partial charge in [0, 0.05) is 37.8 Å². The van der Waals surface area contributed by atoms with Crippen LogP contribution in [0.2, 0.25) is 0 Å². The number of esters is 1. The number of hydroxylamine groups is 1. The van der Waals surface area contributed by atoms with Gasteiger partial charge in [0.15, 0.2) is 32.1 Å². The summed E-state index contributed by atoms with van der Waals surface area (Å²) >= 11 is 0. The van der Waals surface area contributed by atoms with E-state index < -0.39 is 56.7 Å². The van der Waals surface area contributed by atoms with Crippen LogP contribution in [0, 0.1) is 29.6 Å². The summed E-state index contributed by atoms with van der Waals surface area (Å²) in [6, 6.07) is 13.1. The smallest absolute Gasteiger partial charge is 0.419 e. The van der Waals surface area contributed by atoms with Crippen molar-refractivity contribution in [1.29, 1.82) is 0 Å². The molecule has 2 heterocycles. The van der Waals surface area contributed by atoms with Crippen LogP contribution in [-0.4, -0.2) is 61.0 Å². The lowest BCUT2D eigenvalue weighted by molar-refractivity contribution is -0.201. The molecular weight excluding hydrogens is 619 g/mol. The Morgan fingerprint density at radius 3 is 2.67 bits per heavy atom. The maximum atomic E-state index is 14.8. The standard InChI is InChI=1S/C33H33FN2O9S/c1-32(46(2,40)41,30(38)35-45-28-14-8-9-19-42-28)17-18-36-26-16-15-23(20-27(26)44-31(36)39)10-6-7-13-25-21-33(25,34)22-43-29(37)24-11-4-3-5-12-24/h3-5,11-12,15-16,20,25,28H,8-9,14,17-19,21-22H2,1-2H3,(H,35,38)/t25-,28+,32?,33-/m0/s1. The Labute approximate surface area is 265 Å². The fourth-order valence-electron chi connectivity index (χ4n) is 4.87. The molecule has 1 N–H and O–H groups in total. The second kappa shape index (κ2) is 13.5. The van der Waals surface area contributed by atoms with Gasteiger partial charge in [-0.25, -0.2) is 32.7 Å². The molecule has 1 unspecified atom stereocenters. The molecule has 11 nitrogen and oxygen atoms in total. The van der Waals surface area contributed by atoms with E-state index >= 15 is 0 Å². The molecule has 242 valence electrons. The van der Waals surface area contributed by atoms with Crippen molar-refractivity contribution in [2.75, 3.05) is 19.5 Å². The predicted octanol–water partition coefficient (Wildman–Crippen LogP) is 3.30. The van der Waals surface area contributed by atoms with Gasteiger partial charge in [0.05, 0.1) is 17.0 Å². The molecule has 2 aliphatic rings. The first kappa shape index (κ1) is 32.9.